The maximum Gasteiger partial charge on any atom is 0.227 e. The van der Waals surface area contributed by atoms with Crippen molar-refractivity contribution in [3.63, 3.8) is 0 Å². The number of nitrogens with zero attached hydrogens (tertiary/aromatic N) is 2. The second kappa shape index (κ2) is 5.56. The number of carbonyl (C=O) groups excluding carboxylic acids is 1. The summed E-state index contributed by atoms with van der Waals surface area (Å²) in [5.74, 6) is 0.0163. The molecule has 0 unspecified atom stereocenters. The fourth-order valence-corrected chi connectivity index (χ4v) is 1.84. The van der Waals surface area contributed by atoms with Gasteiger partial charge >= 0.3 is 0 Å². The van der Waals surface area contributed by atoms with Crippen molar-refractivity contribution in [3.05, 3.63) is 64.4 Å². The number of rotatable bonds is 3. The average Bonchev–Trinajstić information content (AvgIpc) is 2.39. The second-order valence-corrected chi connectivity index (χ2v) is 4.72. The summed E-state index contributed by atoms with van der Waals surface area (Å²) in [5.41, 5.74) is 1.20. The van der Waals surface area contributed by atoms with Crippen LogP contribution in [-0.4, -0.2) is 5.78 Å². The van der Waals surface area contributed by atoms with Gasteiger partial charge in [0.2, 0.25) is 12.3 Å². The molecule has 1 aromatic carbocycles. The molecule has 2 aromatic rings. The zero-order chi connectivity index (χ0) is 13.0. The Morgan fingerprint density at radius 1 is 1.28 bits per heavy atom. The smallest absolute Gasteiger partial charge is 0.227 e. The molecule has 88 valence electrons. The lowest BCUT2D eigenvalue weighted by Crippen LogP contribution is -2.37. The topological polar surface area (TPSA) is 44.7 Å². The molecule has 0 saturated heterocycles. The van der Waals surface area contributed by atoms with Crippen LogP contribution in [0.2, 0.25) is 0 Å². The van der Waals surface area contributed by atoms with E-state index in [1.807, 2.05) is 18.2 Å². The van der Waals surface area contributed by atoms with E-state index >= 15 is 0 Å². The summed E-state index contributed by atoms with van der Waals surface area (Å²) in [4.78, 5) is 12.0. The van der Waals surface area contributed by atoms with Gasteiger partial charge in [0.25, 0.3) is 0 Å². The van der Waals surface area contributed by atoms with Crippen LogP contribution in [0.4, 0.5) is 0 Å². The number of carbonyl (C=O) groups is 1. The second-order valence-electron chi connectivity index (χ2n) is 3.81. The predicted octanol–water partition coefficient (Wildman–Crippen LogP) is 2.49. The Kier molecular flexibility index (Phi) is 3.85. The van der Waals surface area contributed by atoms with E-state index in [2.05, 4.69) is 15.9 Å². The Bertz CT molecular complexity index is 614. The van der Waals surface area contributed by atoms with Gasteiger partial charge in [-0.15, -0.1) is 0 Å². The number of hydrogen-bond acceptors (Lipinski definition) is 2. The summed E-state index contributed by atoms with van der Waals surface area (Å²) >= 11 is 3.33. The minimum Gasteiger partial charge on any atom is -0.287 e. The van der Waals surface area contributed by atoms with Crippen molar-refractivity contribution >= 4 is 21.7 Å². The first-order valence-electron chi connectivity index (χ1n) is 5.37. The molecule has 0 radical (unpaired) electrons. The Morgan fingerprint density at radius 3 is 2.67 bits per heavy atom. The van der Waals surface area contributed by atoms with Gasteiger partial charge in [0, 0.05) is 16.1 Å². The van der Waals surface area contributed by atoms with Gasteiger partial charge in [-0.3, -0.25) is 4.79 Å². The number of benzene rings is 1. The van der Waals surface area contributed by atoms with Crippen LogP contribution in [0, 0.1) is 11.3 Å². The molecule has 18 heavy (non-hydrogen) atoms. The van der Waals surface area contributed by atoms with Gasteiger partial charge in [0.1, 0.15) is 11.6 Å². The van der Waals surface area contributed by atoms with E-state index < -0.39 is 0 Å². The van der Waals surface area contributed by atoms with Gasteiger partial charge in [-0.05, 0) is 18.2 Å². The third kappa shape index (κ3) is 3.02. The highest BCUT2D eigenvalue weighted by molar-refractivity contribution is 9.10. The summed E-state index contributed by atoms with van der Waals surface area (Å²) in [6.45, 7) is 0.233. The Hall–Kier alpha value is -1.99. The normalized spacial score (nSPS) is 9.78. The van der Waals surface area contributed by atoms with Crippen LogP contribution in [0.15, 0.2) is 53.3 Å². The van der Waals surface area contributed by atoms with Crippen molar-refractivity contribution in [1.29, 1.82) is 5.26 Å². The molecule has 0 amide bonds. The zero-order valence-corrected chi connectivity index (χ0v) is 11.1. The van der Waals surface area contributed by atoms with Gasteiger partial charge in [0.05, 0.1) is 0 Å². The first-order chi connectivity index (χ1) is 8.69. The molecule has 0 aliphatic rings. The first-order valence-corrected chi connectivity index (χ1v) is 6.16. The molecule has 0 aliphatic heterocycles. The zero-order valence-electron chi connectivity index (χ0n) is 9.51. The van der Waals surface area contributed by atoms with Crippen molar-refractivity contribution in [3.8, 4) is 6.07 Å². The van der Waals surface area contributed by atoms with Crippen LogP contribution in [0.5, 0.6) is 0 Å². The Morgan fingerprint density at radius 2 is 2.00 bits per heavy atom. The van der Waals surface area contributed by atoms with E-state index in [0.29, 0.717) is 11.1 Å². The molecule has 0 spiro atoms. The van der Waals surface area contributed by atoms with Crippen molar-refractivity contribution in [2.24, 2.45) is 0 Å². The standard InChI is InChI=1S/C14H10BrN2O/c15-13-5-3-12(4-6-13)14(18)10-17-7-1-2-11(8-16)9-17/h1-7,9H,10H2/q+1. The van der Waals surface area contributed by atoms with Gasteiger partial charge in [-0.25, -0.2) is 0 Å². The molecule has 0 saturated carbocycles. The largest absolute Gasteiger partial charge is 0.287 e. The summed E-state index contributed by atoms with van der Waals surface area (Å²) in [6, 6.07) is 12.7. The molecular weight excluding hydrogens is 292 g/mol. The summed E-state index contributed by atoms with van der Waals surface area (Å²) in [6.07, 6.45) is 3.44. The van der Waals surface area contributed by atoms with Crippen LogP contribution in [-0.2, 0) is 6.54 Å². The lowest BCUT2D eigenvalue weighted by molar-refractivity contribution is -0.683. The number of hydrogen-bond donors (Lipinski definition) is 0. The van der Waals surface area contributed by atoms with Crippen molar-refractivity contribution < 1.29 is 9.36 Å². The minimum atomic E-state index is 0.0163. The first kappa shape index (κ1) is 12.5. The Balaban J connectivity index is 2.16. The quantitative estimate of drug-likeness (QED) is 0.646. The fraction of sp³-hybridized carbons (Fsp3) is 0.0714. The Labute approximate surface area is 113 Å². The van der Waals surface area contributed by atoms with Gasteiger partial charge in [-0.1, -0.05) is 28.1 Å². The average molecular weight is 302 g/mol. The fourth-order valence-electron chi connectivity index (χ4n) is 1.58. The summed E-state index contributed by atoms with van der Waals surface area (Å²) < 4.78 is 2.65. The molecule has 0 aliphatic carbocycles. The summed E-state index contributed by atoms with van der Waals surface area (Å²) in [7, 11) is 0. The number of pyridine rings is 1. The number of ketones is 1. The highest BCUT2D eigenvalue weighted by Crippen LogP contribution is 2.10. The van der Waals surface area contributed by atoms with Gasteiger partial charge in [0.15, 0.2) is 12.4 Å². The van der Waals surface area contributed by atoms with E-state index in [1.54, 1.807) is 41.2 Å². The molecular formula is C14H10BrN2O+. The van der Waals surface area contributed by atoms with Gasteiger partial charge < -0.3 is 0 Å². The maximum atomic E-state index is 12.0. The van der Waals surface area contributed by atoms with E-state index in [1.165, 1.54) is 0 Å². The molecule has 0 bridgehead atoms. The molecule has 0 fully saturated rings. The van der Waals surface area contributed by atoms with E-state index in [4.69, 9.17) is 5.26 Å². The molecule has 2 rings (SSSR count). The monoisotopic (exact) mass is 301 g/mol. The van der Waals surface area contributed by atoms with E-state index in [0.717, 1.165) is 4.47 Å². The molecule has 1 heterocycles. The van der Waals surface area contributed by atoms with Crippen molar-refractivity contribution in [2.45, 2.75) is 6.54 Å². The lowest BCUT2D eigenvalue weighted by atomic mass is 10.1. The molecule has 0 atom stereocenters. The van der Waals surface area contributed by atoms with Gasteiger partial charge in [-0.2, -0.15) is 9.83 Å². The van der Waals surface area contributed by atoms with E-state index in [9.17, 15) is 4.79 Å². The highest BCUT2D eigenvalue weighted by atomic mass is 79.9. The van der Waals surface area contributed by atoms with Crippen molar-refractivity contribution in [2.75, 3.05) is 0 Å². The predicted molar refractivity (Wildman–Crippen MR) is 69.8 cm³/mol. The number of aromatic nitrogens is 1. The van der Waals surface area contributed by atoms with Crippen LogP contribution in [0.1, 0.15) is 15.9 Å². The minimum absolute atomic E-state index is 0.0163. The third-order valence-electron chi connectivity index (χ3n) is 2.48. The number of halogens is 1. The van der Waals surface area contributed by atoms with Crippen LogP contribution >= 0.6 is 15.9 Å². The van der Waals surface area contributed by atoms with Crippen LogP contribution in [0.25, 0.3) is 0 Å². The van der Waals surface area contributed by atoms with Crippen LogP contribution in [0.3, 0.4) is 0 Å². The third-order valence-corrected chi connectivity index (χ3v) is 3.01. The highest BCUT2D eigenvalue weighted by Gasteiger charge is 2.12. The number of Topliss-reactive ketones (excluding diaryl/α,β-unsaturated/α-hetero) is 1. The molecule has 4 heteroatoms. The van der Waals surface area contributed by atoms with Crippen molar-refractivity contribution in [1.82, 2.24) is 0 Å². The maximum absolute atomic E-state index is 12.0. The summed E-state index contributed by atoms with van der Waals surface area (Å²) in [5, 5.41) is 8.79. The lowest BCUT2D eigenvalue weighted by Gasteiger charge is -1.98. The molecule has 1 aromatic heterocycles. The SMILES string of the molecule is N#Cc1ccc[n+](CC(=O)c2ccc(Br)cc2)c1. The number of nitriles is 1. The van der Waals surface area contributed by atoms with Crippen LogP contribution < -0.4 is 4.57 Å². The molecule has 3 nitrogen and oxygen atoms in total. The molecule has 0 N–H and O–H groups in total. The van der Waals surface area contributed by atoms with E-state index in [-0.39, 0.29) is 12.3 Å².